The summed E-state index contributed by atoms with van der Waals surface area (Å²) in [6.07, 6.45) is 0.613. The Morgan fingerprint density at radius 2 is 1.50 bits per heavy atom. The van der Waals surface area contributed by atoms with Gasteiger partial charge in [-0.05, 0) is 42.8 Å². The second-order valence-corrected chi connectivity index (χ2v) is 10.6. The Bertz CT molecular complexity index is 1500. The quantitative estimate of drug-likeness (QED) is 0.251. The van der Waals surface area contributed by atoms with Gasteiger partial charge < -0.3 is 34.3 Å². The number of rotatable bonds is 15. The molecule has 42 heavy (non-hydrogen) atoms. The van der Waals surface area contributed by atoms with Crippen LogP contribution in [0.4, 0.5) is 11.4 Å². The lowest BCUT2D eigenvalue weighted by atomic mass is 10.1. The minimum absolute atomic E-state index is 0.0611. The van der Waals surface area contributed by atoms with Gasteiger partial charge >= 0.3 is 0 Å². The van der Waals surface area contributed by atoms with Crippen LogP contribution >= 0.6 is 0 Å². The lowest BCUT2D eigenvalue weighted by Gasteiger charge is -2.26. The zero-order valence-electron chi connectivity index (χ0n) is 24.1. The van der Waals surface area contributed by atoms with Crippen molar-refractivity contribution in [3.63, 3.8) is 0 Å². The third-order valence-corrected chi connectivity index (χ3v) is 7.90. The van der Waals surface area contributed by atoms with Crippen LogP contribution in [0.2, 0.25) is 0 Å². The Balaban J connectivity index is 2.01. The lowest BCUT2D eigenvalue weighted by Crippen LogP contribution is -2.38. The molecule has 3 rings (SSSR count). The number of nitrogens with zero attached hydrogens (tertiary/aromatic N) is 1. The highest BCUT2D eigenvalue weighted by Gasteiger charge is 2.31. The van der Waals surface area contributed by atoms with E-state index in [4.69, 9.17) is 23.7 Å². The van der Waals surface area contributed by atoms with Gasteiger partial charge in [-0.2, -0.15) is 0 Å². The van der Waals surface area contributed by atoms with E-state index in [-0.39, 0.29) is 33.3 Å². The Morgan fingerprint density at radius 3 is 2.17 bits per heavy atom. The molecule has 0 heterocycles. The molecule has 12 nitrogen and oxygen atoms in total. The number of hydrogen-bond donors (Lipinski definition) is 2. The van der Waals surface area contributed by atoms with Crippen LogP contribution in [0.5, 0.6) is 23.0 Å². The minimum atomic E-state index is -4.39. The number of hydrogen-bond acceptors (Lipinski definition) is 9. The number of anilines is 2. The van der Waals surface area contributed by atoms with E-state index in [0.29, 0.717) is 31.1 Å². The molecule has 0 atom stereocenters. The van der Waals surface area contributed by atoms with Crippen molar-refractivity contribution in [2.45, 2.75) is 11.3 Å². The minimum Gasteiger partial charge on any atom is -0.497 e. The van der Waals surface area contributed by atoms with Crippen molar-refractivity contribution in [1.82, 2.24) is 5.32 Å². The van der Waals surface area contributed by atoms with E-state index in [2.05, 4.69) is 10.6 Å². The third kappa shape index (κ3) is 7.62. The van der Waals surface area contributed by atoms with Crippen molar-refractivity contribution >= 4 is 33.2 Å². The molecule has 0 bridgehead atoms. The highest BCUT2D eigenvalue weighted by atomic mass is 32.2. The first kappa shape index (κ1) is 32.0. The number of carbonyl (C=O) groups is 2. The first-order valence-electron chi connectivity index (χ1n) is 12.8. The van der Waals surface area contributed by atoms with Crippen molar-refractivity contribution in [3.05, 3.63) is 66.2 Å². The summed E-state index contributed by atoms with van der Waals surface area (Å²) >= 11 is 0. The molecule has 2 amide bonds. The molecule has 13 heteroatoms. The number of methoxy groups -OCH3 is 5. The van der Waals surface area contributed by atoms with E-state index in [9.17, 15) is 18.0 Å². The van der Waals surface area contributed by atoms with Gasteiger partial charge in [0, 0.05) is 32.4 Å². The van der Waals surface area contributed by atoms with Crippen LogP contribution < -0.4 is 33.9 Å². The van der Waals surface area contributed by atoms with E-state index in [0.717, 1.165) is 4.31 Å². The average molecular weight is 602 g/mol. The predicted octanol–water partition coefficient (Wildman–Crippen LogP) is 3.32. The first-order valence-corrected chi connectivity index (χ1v) is 14.3. The fraction of sp³-hybridized carbons (Fsp3) is 0.310. The van der Waals surface area contributed by atoms with Gasteiger partial charge in [-0.3, -0.25) is 13.9 Å². The fourth-order valence-electron chi connectivity index (χ4n) is 4.02. The SMILES string of the molecule is COCCCNC(=O)c1ccccc1NC(=O)CN(c1cc(OC)ccc1OC)S(=O)(=O)c1ccc(OC)c(OC)c1. The van der Waals surface area contributed by atoms with Gasteiger partial charge in [-0.15, -0.1) is 0 Å². The van der Waals surface area contributed by atoms with E-state index in [1.54, 1.807) is 37.4 Å². The third-order valence-electron chi connectivity index (χ3n) is 6.14. The zero-order valence-corrected chi connectivity index (χ0v) is 24.9. The summed E-state index contributed by atoms with van der Waals surface area (Å²) < 4.78 is 55.4. The number of ether oxygens (including phenoxy) is 5. The van der Waals surface area contributed by atoms with Crippen LogP contribution in [0.25, 0.3) is 0 Å². The second kappa shape index (κ2) is 14.9. The summed E-state index contributed by atoms with van der Waals surface area (Å²) in [6.45, 7) is 0.197. The summed E-state index contributed by atoms with van der Waals surface area (Å²) in [5.74, 6) is -0.0599. The zero-order chi connectivity index (χ0) is 30.7. The molecule has 0 saturated carbocycles. The van der Waals surface area contributed by atoms with Crippen molar-refractivity contribution in [2.24, 2.45) is 0 Å². The van der Waals surface area contributed by atoms with Crippen molar-refractivity contribution < 1.29 is 41.7 Å². The van der Waals surface area contributed by atoms with E-state index < -0.39 is 28.4 Å². The van der Waals surface area contributed by atoms with Crippen LogP contribution in [-0.2, 0) is 19.6 Å². The Kier molecular flexibility index (Phi) is 11.4. The Morgan fingerprint density at radius 1 is 0.810 bits per heavy atom. The number of benzene rings is 3. The molecule has 0 unspecified atom stereocenters. The molecule has 0 aliphatic rings. The van der Waals surface area contributed by atoms with Crippen molar-refractivity contribution in [2.75, 3.05) is 64.9 Å². The van der Waals surface area contributed by atoms with Crippen LogP contribution in [0.1, 0.15) is 16.8 Å². The maximum atomic E-state index is 14.1. The smallest absolute Gasteiger partial charge is 0.265 e. The van der Waals surface area contributed by atoms with Crippen LogP contribution in [-0.4, -0.2) is 75.5 Å². The molecule has 0 fully saturated rings. The summed E-state index contributed by atoms with van der Waals surface area (Å²) in [5, 5.41) is 5.45. The molecular formula is C29H35N3O9S. The van der Waals surface area contributed by atoms with E-state index in [1.807, 2.05) is 0 Å². The van der Waals surface area contributed by atoms with Crippen LogP contribution in [0.3, 0.4) is 0 Å². The molecule has 3 aromatic carbocycles. The van der Waals surface area contributed by atoms with E-state index >= 15 is 0 Å². The summed E-state index contributed by atoms with van der Waals surface area (Å²) in [7, 11) is 2.81. The topological polar surface area (TPSA) is 142 Å². The highest BCUT2D eigenvalue weighted by Crippen LogP contribution is 2.37. The molecule has 0 aliphatic heterocycles. The summed E-state index contributed by atoms with van der Waals surface area (Å²) in [4.78, 5) is 26.1. The molecule has 3 aromatic rings. The maximum Gasteiger partial charge on any atom is 0.265 e. The molecule has 0 saturated heterocycles. The maximum absolute atomic E-state index is 14.1. The number of carbonyl (C=O) groups excluding carboxylic acids is 2. The van der Waals surface area contributed by atoms with Crippen molar-refractivity contribution in [1.29, 1.82) is 0 Å². The lowest BCUT2D eigenvalue weighted by molar-refractivity contribution is -0.114. The first-order chi connectivity index (χ1) is 20.2. The van der Waals surface area contributed by atoms with Gasteiger partial charge in [0.2, 0.25) is 5.91 Å². The van der Waals surface area contributed by atoms with Crippen molar-refractivity contribution in [3.8, 4) is 23.0 Å². The van der Waals surface area contributed by atoms with Crippen LogP contribution in [0.15, 0.2) is 65.6 Å². The normalized spacial score (nSPS) is 10.9. The van der Waals surface area contributed by atoms with Crippen LogP contribution in [0, 0.1) is 0 Å². The molecule has 0 aromatic heterocycles. The van der Waals surface area contributed by atoms with Gasteiger partial charge in [0.15, 0.2) is 11.5 Å². The van der Waals surface area contributed by atoms with Gasteiger partial charge in [0.1, 0.15) is 18.0 Å². The highest BCUT2D eigenvalue weighted by molar-refractivity contribution is 7.92. The van der Waals surface area contributed by atoms with Gasteiger partial charge in [0.25, 0.3) is 15.9 Å². The number of amides is 2. The summed E-state index contributed by atoms with van der Waals surface area (Å²) in [6, 6.07) is 15.1. The standard InChI is InChI=1S/C29H35N3O9S/c1-37-16-8-15-30-29(34)22-9-6-7-10-23(22)31-28(33)19-32(24-17-20(38-2)11-13-25(24)39-3)42(35,36)21-12-14-26(40-4)27(18-21)41-5/h6-7,9-14,17-18H,8,15-16,19H2,1-5H3,(H,30,34)(H,31,33). The van der Waals surface area contributed by atoms with Gasteiger partial charge in [0.05, 0.1) is 50.3 Å². The molecule has 2 N–H and O–H groups in total. The van der Waals surface area contributed by atoms with Gasteiger partial charge in [-0.25, -0.2) is 8.42 Å². The number of sulfonamides is 1. The molecule has 226 valence electrons. The predicted molar refractivity (Wildman–Crippen MR) is 158 cm³/mol. The Hall–Kier alpha value is -4.49. The molecule has 0 radical (unpaired) electrons. The molecule has 0 spiro atoms. The summed E-state index contributed by atoms with van der Waals surface area (Å²) in [5.41, 5.74) is 0.496. The molecule has 0 aliphatic carbocycles. The fourth-order valence-corrected chi connectivity index (χ4v) is 5.46. The van der Waals surface area contributed by atoms with E-state index in [1.165, 1.54) is 58.8 Å². The average Bonchev–Trinajstić information content (AvgIpc) is 3.01. The number of para-hydroxylation sites is 1. The monoisotopic (exact) mass is 601 g/mol. The molecular weight excluding hydrogens is 566 g/mol. The second-order valence-electron chi connectivity index (χ2n) is 8.76. The number of nitrogens with one attached hydrogen (secondary N) is 2. The van der Waals surface area contributed by atoms with Gasteiger partial charge in [-0.1, -0.05) is 12.1 Å². The Labute approximate surface area is 245 Å². The largest absolute Gasteiger partial charge is 0.497 e.